The second kappa shape index (κ2) is 6.33. The normalized spacial score (nSPS) is 14.8. The fraction of sp³-hybridized carbons (Fsp3) is 0.316. The molecule has 0 unspecified atom stereocenters. The Morgan fingerprint density at radius 2 is 2.00 bits per heavy atom. The number of nitrogens with one attached hydrogen (secondary N) is 1. The van der Waals surface area contributed by atoms with Crippen molar-refractivity contribution in [2.45, 2.75) is 31.8 Å². The first-order valence-corrected chi connectivity index (χ1v) is 8.67. The second-order valence-electron chi connectivity index (χ2n) is 6.69. The van der Waals surface area contributed by atoms with Gasteiger partial charge in [0.25, 0.3) is 11.2 Å². The number of pyridine rings is 1. The SMILES string of the molecule is Cn1cc(-c2cc([N+](=O)[O-])ccc2OC2CCCC2)c2cc[nH]c2c1=O. The number of hydrogen-bond donors (Lipinski definition) is 1. The van der Waals surface area contributed by atoms with Crippen molar-refractivity contribution in [3.63, 3.8) is 0 Å². The molecule has 1 fully saturated rings. The highest BCUT2D eigenvalue weighted by molar-refractivity contribution is 5.96. The third-order valence-electron chi connectivity index (χ3n) is 4.95. The fourth-order valence-electron chi connectivity index (χ4n) is 3.61. The van der Waals surface area contributed by atoms with E-state index in [0.717, 1.165) is 36.6 Å². The predicted molar refractivity (Wildman–Crippen MR) is 98.5 cm³/mol. The molecule has 0 aliphatic heterocycles. The first-order valence-electron chi connectivity index (χ1n) is 8.67. The van der Waals surface area contributed by atoms with Gasteiger partial charge in [0.2, 0.25) is 0 Å². The number of aromatic nitrogens is 2. The van der Waals surface area contributed by atoms with Crippen molar-refractivity contribution in [1.29, 1.82) is 0 Å². The van der Waals surface area contributed by atoms with Gasteiger partial charge in [0.1, 0.15) is 11.3 Å². The summed E-state index contributed by atoms with van der Waals surface area (Å²) in [5, 5.41) is 12.0. The maximum atomic E-state index is 12.3. The molecule has 0 atom stereocenters. The average Bonchev–Trinajstić information content (AvgIpc) is 3.30. The van der Waals surface area contributed by atoms with E-state index >= 15 is 0 Å². The van der Waals surface area contributed by atoms with Gasteiger partial charge in [-0.1, -0.05) is 0 Å². The maximum Gasteiger partial charge on any atom is 0.274 e. The van der Waals surface area contributed by atoms with Gasteiger partial charge in [0.15, 0.2) is 0 Å². The summed E-state index contributed by atoms with van der Waals surface area (Å²) in [6.45, 7) is 0. The number of H-pyrrole nitrogens is 1. The summed E-state index contributed by atoms with van der Waals surface area (Å²) in [4.78, 5) is 26.1. The monoisotopic (exact) mass is 353 g/mol. The van der Waals surface area contributed by atoms with Gasteiger partial charge >= 0.3 is 0 Å². The summed E-state index contributed by atoms with van der Waals surface area (Å²) in [6.07, 6.45) is 7.78. The Labute approximate surface area is 149 Å². The highest BCUT2D eigenvalue weighted by atomic mass is 16.6. The van der Waals surface area contributed by atoms with Crippen LogP contribution < -0.4 is 10.3 Å². The maximum absolute atomic E-state index is 12.3. The van der Waals surface area contributed by atoms with Crippen LogP contribution in [0.4, 0.5) is 5.69 Å². The number of fused-ring (bicyclic) bond motifs is 1. The fourth-order valence-corrected chi connectivity index (χ4v) is 3.61. The number of rotatable bonds is 4. The zero-order valence-electron chi connectivity index (χ0n) is 14.4. The van der Waals surface area contributed by atoms with Crippen LogP contribution in [0, 0.1) is 10.1 Å². The van der Waals surface area contributed by atoms with Gasteiger partial charge in [-0.3, -0.25) is 14.9 Å². The lowest BCUT2D eigenvalue weighted by Gasteiger charge is -2.17. The Balaban J connectivity index is 1.92. The molecule has 1 aliphatic carbocycles. The summed E-state index contributed by atoms with van der Waals surface area (Å²) >= 11 is 0. The number of hydrogen-bond acceptors (Lipinski definition) is 4. The zero-order valence-corrected chi connectivity index (χ0v) is 14.4. The van der Waals surface area contributed by atoms with E-state index in [0.29, 0.717) is 16.8 Å². The van der Waals surface area contributed by atoms with Gasteiger partial charge in [-0.25, -0.2) is 0 Å². The second-order valence-corrected chi connectivity index (χ2v) is 6.69. The van der Waals surface area contributed by atoms with E-state index in [4.69, 9.17) is 4.74 Å². The van der Waals surface area contributed by atoms with Crippen LogP contribution in [-0.2, 0) is 7.05 Å². The number of benzene rings is 1. The molecule has 0 saturated heterocycles. The van der Waals surface area contributed by atoms with Crippen molar-refractivity contribution < 1.29 is 9.66 Å². The van der Waals surface area contributed by atoms with Gasteiger partial charge in [-0.15, -0.1) is 0 Å². The number of nitro groups is 1. The molecule has 2 aromatic heterocycles. The minimum absolute atomic E-state index is 0.00342. The summed E-state index contributed by atoms with van der Waals surface area (Å²) < 4.78 is 7.65. The molecule has 1 aromatic carbocycles. The minimum atomic E-state index is -0.418. The Kier molecular flexibility index (Phi) is 3.99. The van der Waals surface area contributed by atoms with Crippen LogP contribution >= 0.6 is 0 Å². The molecule has 0 radical (unpaired) electrons. The molecule has 2 heterocycles. The van der Waals surface area contributed by atoms with Crippen LogP contribution in [-0.4, -0.2) is 20.6 Å². The first-order chi connectivity index (χ1) is 12.5. The van der Waals surface area contributed by atoms with Gasteiger partial charge in [-0.05, 0) is 37.8 Å². The molecular weight excluding hydrogens is 334 g/mol. The molecule has 7 heteroatoms. The third kappa shape index (κ3) is 2.75. The van der Waals surface area contributed by atoms with Crippen molar-refractivity contribution in [1.82, 2.24) is 9.55 Å². The van der Waals surface area contributed by atoms with Crippen molar-refractivity contribution in [3.05, 3.63) is 57.1 Å². The number of nitrogens with zero attached hydrogens (tertiary/aromatic N) is 2. The van der Waals surface area contributed by atoms with E-state index in [1.54, 1.807) is 25.5 Å². The lowest BCUT2D eigenvalue weighted by atomic mass is 10.0. The third-order valence-corrected chi connectivity index (χ3v) is 4.95. The Morgan fingerprint density at radius 1 is 1.23 bits per heavy atom. The number of aromatic amines is 1. The molecule has 7 nitrogen and oxygen atoms in total. The van der Waals surface area contributed by atoms with Crippen molar-refractivity contribution in [2.24, 2.45) is 7.05 Å². The topological polar surface area (TPSA) is 90.2 Å². The minimum Gasteiger partial charge on any atom is -0.490 e. The van der Waals surface area contributed by atoms with Crippen LogP contribution in [0.15, 0.2) is 41.5 Å². The number of ether oxygens (including phenoxy) is 1. The molecular formula is C19H19N3O4. The van der Waals surface area contributed by atoms with Gasteiger partial charge < -0.3 is 14.3 Å². The lowest BCUT2D eigenvalue weighted by Crippen LogP contribution is -2.17. The van der Waals surface area contributed by atoms with Crippen molar-refractivity contribution in [2.75, 3.05) is 0 Å². The van der Waals surface area contributed by atoms with Crippen LogP contribution in [0.25, 0.3) is 22.0 Å². The van der Waals surface area contributed by atoms with Crippen LogP contribution in [0.5, 0.6) is 5.75 Å². The number of non-ortho nitro benzene ring substituents is 1. The molecule has 1 N–H and O–H groups in total. The highest BCUT2D eigenvalue weighted by Gasteiger charge is 2.22. The predicted octanol–water partition coefficient (Wildman–Crippen LogP) is 3.76. The number of aryl methyl sites for hydroxylation is 1. The molecule has 4 rings (SSSR count). The molecule has 134 valence electrons. The molecule has 0 amide bonds. The first kappa shape index (κ1) is 16.4. The van der Waals surface area contributed by atoms with E-state index in [9.17, 15) is 14.9 Å². The van der Waals surface area contributed by atoms with Crippen molar-refractivity contribution in [3.8, 4) is 16.9 Å². The van der Waals surface area contributed by atoms with E-state index in [2.05, 4.69) is 4.98 Å². The largest absolute Gasteiger partial charge is 0.490 e. The Hall–Kier alpha value is -3.09. The van der Waals surface area contributed by atoms with Crippen molar-refractivity contribution >= 4 is 16.6 Å². The van der Waals surface area contributed by atoms with Gasteiger partial charge in [0.05, 0.1) is 11.0 Å². The molecule has 0 spiro atoms. The number of nitro benzene ring substituents is 1. The molecule has 26 heavy (non-hydrogen) atoms. The molecule has 1 saturated carbocycles. The van der Waals surface area contributed by atoms with Gasteiger partial charge in [0, 0.05) is 48.1 Å². The average molecular weight is 353 g/mol. The Morgan fingerprint density at radius 3 is 2.73 bits per heavy atom. The van der Waals surface area contributed by atoms with E-state index < -0.39 is 4.92 Å². The summed E-state index contributed by atoms with van der Waals surface area (Å²) in [5.41, 5.74) is 1.70. The Bertz CT molecular complexity index is 1040. The summed E-state index contributed by atoms with van der Waals surface area (Å²) in [6, 6.07) is 6.46. The smallest absolute Gasteiger partial charge is 0.274 e. The lowest BCUT2D eigenvalue weighted by molar-refractivity contribution is -0.384. The van der Waals surface area contributed by atoms with E-state index in [1.807, 2.05) is 6.07 Å². The molecule has 3 aromatic rings. The van der Waals surface area contributed by atoms with Crippen LogP contribution in [0.1, 0.15) is 25.7 Å². The van der Waals surface area contributed by atoms with Gasteiger partial charge in [-0.2, -0.15) is 0 Å². The van der Waals surface area contributed by atoms with Crippen LogP contribution in [0.3, 0.4) is 0 Å². The summed E-state index contributed by atoms with van der Waals surface area (Å²) in [5.74, 6) is 0.614. The zero-order chi connectivity index (χ0) is 18.3. The van der Waals surface area contributed by atoms with Crippen LogP contribution in [0.2, 0.25) is 0 Å². The van der Waals surface area contributed by atoms with E-state index in [1.165, 1.54) is 16.7 Å². The molecule has 0 bridgehead atoms. The summed E-state index contributed by atoms with van der Waals surface area (Å²) in [7, 11) is 1.67. The highest BCUT2D eigenvalue weighted by Crippen LogP contribution is 2.38. The standard InChI is InChI=1S/C19H19N3O4/c1-21-11-16(14-8-9-20-18(14)19(21)23)15-10-12(22(24)25)6-7-17(15)26-13-4-2-3-5-13/h6-11,13,20H,2-5H2,1H3. The van der Waals surface area contributed by atoms with E-state index in [-0.39, 0.29) is 17.4 Å². The molecule has 1 aliphatic rings. The quantitative estimate of drug-likeness (QED) is 0.571.